The molecule has 1 atom stereocenters. The summed E-state index contributed by atoms with van der Waals surface area (Å²) in [6, 6.07) is 23.3. The number of halogens is 3. The lowest BCUT2D eigenvalue weighted by Crippen LogP contribution is -2.43. The minimum Gasteiger partial charge on any atom is -0.507 e. The maximum Gasteiger partial charge on any atom is 0.290 e. The van der Waals surface area contributed by atoms with Crippen molar-refractivity contribution in [3.05, 3.63) is 131 Å². The van der Waals surface area contributed by atoms with E-state index in [-0.39, 0.29) is 29.3 Å². The Labute approximate surface area is 274 Å². The molecule has 8 nitrogen and oxygen atoms in total. The van der Waals surface area contributed by atoms with Crippen molar-refractivity contribution in [3.63, 3.8) is 0 Å². The van der Waals surface area contributed by atoms with Gasteiger partial charge in [-0.25, -0.2) is 4.39 Å². The molecule has 1 aliphatic heterocycles. The summed E-state index contributed by atoms with van der Waals surface area (Å²) in [5.74, 6) is -6.03. The van der Waals surface area contributed by atoms with E-state index in [1.165, 1.54) is 48.7 Å². The lowest BCUT2D eigenvalue weighted by molar-refractivity contribution is -0.0245. The number of aromatic nitrogens is 2. The molecule has 244 valence electrons. The van der Waals surface area contributed by atoms with Crippen LogP contribution in [0.15, 0.2) is 97.2 Å². The minimum atomic E-state index is -3.48. The third-order valence-electron chi connectivity index (χ3n) is 9.02. The van der Waals surface area contributed by atoms with Gasteiger partial charge in [-0.15, -0.1) is 0 Å². The summed E-state index contributed by atoms with van der Waals surface area (Å²) in [4.78, 5) is 33.6. The van der Waals surface area contributed by atoms with Gasteiger partial charge in [0.2, 0.25) is 0 Å². The molecule has 2 aromatic heterocycles. The number of alkyl halides is 2. The Kier molecular flexibility index (Phi) is 7.90. The molecule has 5 aromatic rings. The summed E-state index contributed by atoms with van der Waals surface area (Å²) in [5, 5.41) is 19.2. The first kappa shape index (κ1) is 31.0. The van der Waals surface area contributed by atoms with Crippen LogP contribution < -0.4 is 16.0 Å². The van der Waals surface area contributed by atoms with Crippen LogP contribution in [-0.4, -0.2) is 39.0 Å². The second-order valence-electron chi connectivity index (χ2n) is 12.4. The molecule has 0 unspecified atom stereocenters. The van der Waals surface area contributed by atoms with Crippen molar-refractivity contribution < 1.29 is 27.9 Å². The fourth-order valence-corrected chi connectivity index (χ4v) is 6.30. The standard InChI is InChI=1S/C37H32F3N5O3/c38-25-12-10-22(11-13-25)24(21-42-34(47)27-8-4-5-9-29(27)46)19-37(39,40)30-18-23(14-17-41-30)32-33(43-26-6-2-1-3-7-26)31-28(44-32)20-36(15-16-36)45-35(31)48/h1-14,17-18,24,43-44,46H,15-16,19-21H2,(H,42,47)(H,45,48)/t24-/m0/s1. The van der Waals surface area contributed by atoms with Gasteiger partial charge in [0, 0.05) is 54.0 Å². The zero-order valence-corrected chi connectivity index (χ0v) is 25.7. The van der Waals surface area contributed by atoms with Crippen molar-refractivity contribution in [2.45, 2.75) is 43.1 Å². The number of H-pyrrole nitrogens is 1. The van der Waals surface area contributed by atoms with Crippen LogP contribution in [0.2, 0.25) is 0 Å². The minimum absolute atomic E-state index is 0.00586. The first-order valence-electron chi connectivity index (χ1n) is 15.7. The van der Waals surface area contributed by atoms with Crippen LogP contribution >= 0.6 is 0 Å². The molecule has 0 radical (unpaired) electrons. The van der Waals surface area contributed by atoms with Gasteiger partial charge in [-0.05, 0) is 66.9 Å². The average Bonchev–Trinajstić information content (AvgIpc) is 3.72. The van der Waals surface area contributed by atoms with Gasteiger partial charge in [0.25, 0.3) is 17.7 Å². The van der Waals surface area contributed by atoms with E-state index in [9.17, 15) is 19.1 Å². The van der Waals surface area contributed by atoms with Crippen molar-refractivity contribution in [2.75, 3.05) is 11.9 Å². The average molecular weight is 652 g/mol. The zero-order chi connectivity index (χ0) is 33.5. The van der Waals surface area contributed by atoms with Crippen molar-refractivity contribution in [3.8, 4) is 17.0 Å². The lowest BCUT2D eigenvalue weighted by atomic mass is 9.90. The number of phenolic OH excluding ortho intramolecular Hbond substituents is 1. The van der Waals surface area contributed by atoms with Gasteiger partial charge in [0.1, 0.15) is 17.3 Å². The Morgan fingerprint density at radius 2 is 1.73 bits per heavy atom. The molecule has 0 bridgehead atoms. The quantitative estimate of drug-likeness (QED) is 0.110. The van der Waals surface area contributed by atoms with E-state index >= 15 is 8.78 Å². The van der Waals surface area contributed by atoms with E-state index in [1.54, 1.807) is 18.2 Å². The number of anilines is 2. The summed E-state index contributed by atoms with van der Waals surface area (Å²) < 4.78 is 46.3. The number of benzene rings is 3. The van der Waals surface area contributed by atoms with Crippen molar-refractivity contribution in [1.82, 2.24) is 20.6 Å². The molecule has 1 spiro atoms. The number of hydrogen-bond donors (Lipinski definition) is 5. The number of aromatic hydroxyl groups is 1. The number of amides is 2. The highest BCUT2D eigenvalue weighted by Gasteiger charge is 2.49. The predicted octanol–water partition coefficient (Wildman–Crippen LogP) is 7.18. The number of pyridine rings is 1. The molecule has 0 saturated heterocycles. The Hall–Kier alpha value is -5.58. The Morgan fingerprint density at radius 3 is 2.46 bits per heavy atom. The Balaban J connectivity index is 1.20. The van der Waals surface area contributed by atoms with E-state index in [0.717, 1.165) is 24.2 Å². The maximum absolute atomic E-state index is 16.2. The normalized spacial score (nSPS) is 15.4. The number of hydrogen-bond acceptors (Lipinski definition) is 5. The highest BCUT2D eigenvalue weighted by molar-refractivity contribution is 6.07. The smallest absolute Gasteiger partial charge is 0.290 e. The molecule has 2 aliphatic rings. The molecule has 1 saturated carbocycles. The molecular formula is C37H32F3N5O3. The lowest BCUT2D eigenvalue weighted by Gasteiger charge is -2.24. The van der Waals surface area contributed by atoms with Gasteiger partial charge >= 0.3 is 0 Å². The Morgan fingerprint density at radius 1 is 1.00 bits per heavy atom. The van der Waals surface area contributed by atoms with Crippen LogP contribution in [0.4, 0.5) is 24.5 Å². The number of aromatic amines is 1. The Bertz CT molecular complexity index is 1990. The van der Waals surface area contributed by atoms with Crippen molar-refractivity contribution in [1.29, 1.82) is 0 Å². The number of nitrogens with zero attached hydrogens (tertiary/aromatic N) is 1. The largest absolute Gasteiger partial charge is 0.507 e. The molecule has 3 heterocycles. The molecule has 2 amide bonds. The van der Waals surface area contributed by atoms with Crippen LogP contribution in [0.3, 0.4) is 0 Å². The highest BCUT2D eigenvalue weighted by atomic mass is 19.3. The monoisotopic (exact) mass is 651 g/mol. The van der Waals surface area contributed by atoms with E-state index in [1.807, 2.05) is 30.3 Å². The molecular weight excluding hydrogens is 619 g/mol. The van der Waals surface area contributed by atoms with Crippen LogP contribution in [0, 0.1) is 5.82 Å². The second kappa shape index (κ2) is 12.2. The molecule has 1 aliphatic carbocycles. The number of fused-ring (bicyclic) bond motifs is 1. The fourth-order valence-electron chi connectivity index (χ4n) is 6.30. The summed E-state index contributed by atoms with van der Waals surface area (Å²) in [7, 11) is 0. The van der Waals surface area contributed by atoms with E-state index in [2.05, 4.69) is 25.9 Å². The molecule has 1 fully saturated rings. The van der Waals surface area contributed by atoms with Crippen LogP contribution in [0.5, 0.6) is 5.75 Å². The summed E-state index contributed by atoms with van der Waals surface area (Å²) in [6.45, 7) is -0.209. The summed E-state index contributed by atoms with van der Waals surface area (Å²) >= 11 is 0. The number of nitrogens with one attached hydrogen (secondary N) is 4. The number of carbonyl (C=O) groups is 2. The topological polar surface area (TPSA) is 119 Å². The van der Waals surface area contributed by atoms with Crippen LogP contribution in [-0.2, 0) is 12.3 Å². The summed E-state index contributed by atoms with van der Waals surface area (Å²) in [5.41, 5.74) is 2.95. The number of carbonyl (C=O) groups excluding carboxylic acids is 2. The molecule has 48 heavy (non-hydrogen) atoms. The fraction of sp³-hybridized carbons (Fsp3) is 0.216. The van der Waals surface area contributed by atoms with Crippen molar-refractivity contribution in [2.24, 2.45) is 0 Å². The van der Waals surface area contributed by atoms with Crippen molar-refractivity contribution >= 4 is 23.2 Å². The van der Waals surface area contributed by atoms with Crippen LogP contribution in [0.25, 0.3) is 11.3 Å². The maximum atomic E-state index is 16.2. The molecule has 3 aromatic carbocycles. The van der Waals surface area contributed by atoms with E-state index < -0.39 is 35.7 Å². The van der Waals surface area contributed by atoms with Gasteiger partial charge < -0.3 is 26.0 Å². The first-order chi connectivity index (χ1) is 23.1. The van der Waals surface area contributed by atoms with Gasteiger partial charge in [0.05, 0.1) is 22.5 Å². The zero-order valence-electron chi connectivity index (χ0n) is 25.7. The van der Waals surface area contributed by atoms with Gasteiger partial charge in [-0.2, -0.15) is 8.78 Å². The van der Waals surface area contributed by atoms with E-state index in [4.69, 9.17) is 0 Å². The molecule has 7 rings (SSSR count). The first-order valence-corrected chi connectivity index (χ1v) is 15.7. The number of para-hydroxylation sites is 2. The number of phenols is 1. The second-order valence-corrected chi connectivity index (χ2v) is 12.4. The predicted molar refractivity (Wildman–Crippen MR) is 175 cm³/mol. The van der Waals surface area contributed by atoms with Gasteiger partial charge in [0.15, 0.2) is 0 Å². The molecule has 11 heteroatoms. The highest BCUT2D eigenvalue weighted by Crippen LogP contribution is 2.46. The van der Waals surface area contributed by atoms with Gasteiger partial charge in [-0.3, -0.25) is 14.6 Å². The summed E-state index contributed by atoms with van der Waals surface area (Å²) in [6.07, 6.45) is 2.92. The SMILES string of the molecule is O=C(NC[C@H](CC(F)(F)c1cc(-c2[nH]c3c(c2Nc2ccccc2)C(=O)NC2(CC2)C3)ccn1)c1ccc(F)cc1)c1ccccc1O. The number of rotatable bonds is 10. The van der Waals surface area contributed by atoms with E-state index in [0.29, 0.717) is 34.5 Å². The third-order valence-corrected chi connectivity index (χ3v) is 9.02. The molecule has 5 N–H and O–H groups in total. The van der Waals surface area contributed by atoms with Gasteiger partial charge in [-0.1, -0.05) is 42.5 Å². The third kappa shape index (κ3) is 6.23. The van der Waals surface area contributed by atoms with Crippen LogP contribution in [0.1, 0.15) is 62.8 Å².